The van der Waals surface area contributed by atoms with E-state index in [4.69, 9.17) is 0 Å². The summed E-state index contributed by atoms with van der Waals surface area (Å²) in [5.74, 6) is -0.245. The van der Waals surface area contributed by atoms with Crippen molar-refractivity contribution in [3.63, 3.8) is 0 Å². The monoisotopic (exact) mass is 359 g/mol. The molecule has 0 spiro atoms. The van der Waals surface area contributed by atoms with Crippen LogP contribution >= 0.6 is 22.7 Å². The Kier molecular flexibility index (Phi) is 5.06. The highest BCUT2D eigenvalue weighted by Gasteiger charge is 2.08. The lowest BCUT2D eigenvalue weighted by Crippen LogP contribution is -2.14. The first kappa shape index (κ1) is 16.8. The molecule has 0 aliphatic carbocycles. The summed E-state index contributed by atoms with van der Waals surface area (Å²) in [5, 5.41) is 6.63. The number of thiophene rings is 1. The SMILES string of the molecule is Cc1ccc(C=Nn2c(-c3ccc(F)cc3)csc2=NC(C)C)s1. The van der Waals surface area contributed by atoms with Gasteiger partial charge in [0, 0.05) is 26.7 Å². The van der Waals surface area contributed by atoms with Gasteiger partial charge in [0.2, 0.25) is 4.80 Å². The molecule has 0 unspecified atom stereocenters. The first-order chi connectivity index (χ1) is 11.5. The molecule has 2 heterocycles. The predicted octanol–water partition coefficient (Wildman–Crippen LogP) is 4.92. The summed E-state index contributed by atoms with van der Waals surface area (Å²) in [6.07, 6.45) is 1.84. The standard InChI is InChI=1S/C18H18FN3S2/c1-12(2)21-18-22(20-10-16-9-4-13(3)24-16)17(11-23-18)14-5-7-15(19)8-6-14/h4-12H,1-3H3. The Hall–Kier alpha value is -2.05. The zero-order valence-electron chi connectivity index (χ0n) is 13.7. The normalized spacial score (nSPS) is 12.6. The average Bonchev–Trinajstić information content (AvgIpc) is 3.12. The summed E-state index contributed by atoms with van der Waals surface area (Å²) < 4.78 is 15.0. The molecular formula is C18H18FN3S2. The van der Waals surface area contributed by atoms with Gasteiger partial charge in [-0.15, -0.1) is 22.7 Å². The van der Waals surface area contributed by atoms with Crippen molar-refractivity contribution in [2.75, 3.05) is 0 Å². The van der Waals surface area contributed by atoms with E-state index in [0.717, 1.165) is 20.9 Å². The summed E-state index contributed by atoms with van der Waals surface area (Å²) in [5.41, 5.74) is 1.82. The Morgan fingerprint density at radius 2 is 1.88 bits per heavy atom. The maximum atomic E-state index is 13.2. The second-order valence-corrected chi connectivity index (χ2v) is 7.79. The second kappa shape index (κ2) is 7.23. The van der Waals surface area contributed by atoms with Crippen LogP contribution in [0.4, 0.5) is 4.39 Å². The van der Waals surface area contributed by atoms with Gasteiger partial charge < -0.3 is 0 Å². The van der Waals surface area contributed by atoms with Crippen LogP contribution in [0.5, 0.6) is 0 Å². The summed E-state index contributed by atoms with van der Waals surface area (Å²) in [6.45, 7) is 6.14. The van der Waals surface area contributed by atoms with Crippen LogP contribution in [0.3, 0.4) is 0 Å². The van der Waals surface area contributed by atoms with Gasteiger partial charge in [0.1, 0.15) is 5.82 Å². The number of hydrogen-bond acceptors (Lipinski definition) is 4. The fraction of sp³-hybridized carbons (Fsp3) is 0.222. The van der Waals surface area contributed by atoms with E-state index in [9.17, 15) is 4.39 Å². The van der Waals surface area contributed by atoms with Crippen molar-refractivity contribution in [1.29, 1.82) is 0 Å². The van der Waals surface area contributed by atoms with Crippen LogP contribution in [0.15, 0.2) is 51.9 Å². The molecule has 0 radical (unpaired) electrons. The molecule has 3 aromatic rings. The van der Waals surface area contributed by atoms with Gasteiger partial charge in [0.15, 0.2) is 0 Å². The van der Waals surface area contributed by atoms with Crippen molar-refractivity contribution in [2.24, 2.45) is 10.1 Å². The third kappa shape index (κ3) is 3.88. The van der Waals surface area contributed by atoms with E-state index >= 15 is 0 Å². The largest absolute Gasteiger partial charge is 0.255 e. The topological polar surface area (TPSA) is 29.6 Å². The Morgan fingerprint density at radius 3 is 2.50 bits per heavy atom. The van der Waals surface area contributed by atoms with Crippen LogP contribution in [0.2, 0.25) is 0 Å². The number of aromatic nitrogens is 1. The minimum Gasteiger partial charge on any atom is -0.255 e. The lowest BCUT2D eigenvalue weighted by atomic mass is 10.2. The molecule has 0 saturated heterocycles. The van der Waals surface area contributed by atoms with E-state index in [0.29, 0.717) is 0 Å². The van der Waals surface area contributed by atoms with Crippen LogP contribution in [0, 0.1) is 12.7 Å². The van der Waals surface area contributed by atoms with Crippen molar-refractivity contribution < 1.29 is 4.39 Å². The molecular weight excluding hydrogens is 341 g/mol. The van der Waals surface area contributed by atoms with Gasteiger partial charge in [-0.3, -0.25) is 4.99 Å². The van der Waals surface area contributed by atoms with Gasteiger partial charge in [-0.05, 0) is 57.2 Å². The van der Waals surface area contributed by atoms with Crippen molar-refractivity contribution in [1.82, 2.24) is 4.68 Å². The highest BCUT2D eigenvalue weighted by Crippen LogP contribution is 2.21. The van der Waals surface area contributed by atoms with E-state index in [1.807, 2.05) is 36.2 Å². The molecule has 0 N–H and O–H groups in total. The van der Waals surface area contributed by atoms with E-state index in [1.54, 1.807) is 23.5 Å². The minimum atomic E-state index is -0.245. The molecule has 0 aliphatic rings. The fourth-order valence-electron chi connectivity index (χ4n) is 2.18. The van der Waals surface area contributed by atoms with Gasteiger partial charge in [-0.25, -0.2) is 9.07 Å². The number of nitrogens with zero attached hydrogens (tertiary/aromatic N) is 3. The third-order valence-electron chi connectivity index (χ3n) is 3.26. The highest BCUT2D eigenvalue weighted by molar-refractivity contribution is 7.13. The number of thiazole rings is 1. The second-order valence-electron chi connectivity index (χ2n) is 5.64. The Morgan fingerprint density at radius 1 is 1.12 bits per heavy atom. The Bertz CT molecular complexity index is 914. The first-order valence-electron chi connectivity index (χ1n) is 7.64. The van der Waals surface area contributed by atoms with E-state index in [2.05, 4.69) is 23.1 Å². The molecule has 3 rings (SSSR count). The summed E-state index contributed by atoms with van der Waals surface area (Å²) >= 11 is 3.23. The molecule has 124 valence electrons. The molecule has 0 amide bonds. The number of benzene rings is 1. The molecule has 0 aliphatic heterocycles. The minimum absolute atomic E-state index is 0.176. The molecule has 0 saturated carbocycles. The van der Waals surface area contributed by atoms with Crippen molar-refractivity contribution in [3.8, 4) is 11.3 Å². The van der Waals surface area contributed by atoms with E-state index in [1.165, 1.54) is 28.3 Å². The van der Waals surface area contributed by atoms with Gasteiger partial charge in [-0.2, -0.15) is 5.10 Å². The van der Waals surface area contributed by atoms with E-state index < -0.39 is 0 Å². The first-order valence-corrected chi connectivity index (χ1v) is 9.33. The summed E-state index contributed by atoms with van der Waals surface area (Å²) in [7, 11) is 0. The zero-order valence-corrected chi connectivity index (χ0v) is 15.4. The molecule has 6 heteroatoms. The van der Waals surface area contributed by atoms with Crippen molar-refractivity contribution in [3.05, 3.63) is 62.2 Å². The lowest BCUT2D eigenvalue weighted by Gasteiger charge is -2.04. The van der Waals surface area contributed by atoms with Crippen molar-refractivity contribution >= 4 is 28.9 Å². The highest BCUT2D eigenvalue weighted by atomic mass is 32.1. The maximum Gasteiger partial charge on any atom is 0.206 e. The molecule has 0 fully saturated rings. The lowest BCUT2D eigenvalue weighted by molar-refractivity contribution is 0.628. The quantitative estimate of drug-likeness (QED) is 0.592. The van der Waals surface area contributed by atoms with Crippen LogP contribution in [-0.4, -0.2) is 16.9 Å². The van der Waals surface area contributed by atoms with Crippen LogP contribution < -0.4 is 4.80 Å². The summed E-state index contributed by atoms with van der Waals surface area (Å²) in [6, 6.07) is 10.7. The molecule has 0 atom stereocenters. The van der Waals surface area contributed by atoms with Crippen LogP contribution in [-0.2, 0) is 0 Å². The van der Waals surface area contributed by atoms with Gasteiger partial charge >= 0.3 is 0 Å². The molecule has 0 bridgehead atoms. The van der Waals surface area contributed by atoms with Gasteiger partial charge in [0.05, 0.1) is 11.9 Å². The van der Waals surface area contributed by atoms with Crippen LogP contribution in [0.1, 0.15) is 23.6 Å². The van der Waals surface area contributed by atoms with E-state index in [-0.39, 0.29) is 11.9 Å². The summed E-state index contributed by atoms with van der Waals surface area (Å²) in [4.78, 5) is 7.80. The fourth-order valence-corrected chi connectivity index (χ4v) is 3.89. The van der Waals surface area contributed by atoms with Crippen molar-refractivity contribution in [2.45, 2.75) is 26.8 Å². The Labute approximate surface area is 148 Å². The Balaban J connectivity index is 2.08. The smallest absolute Gasteiger partial charge is 0.206 e. The molecule has 24 heavy (non-hydrogen) atoms. The third-order valence-corrected chi connectivity index (χ3v) is 5.02. The molecule has 1 aromatic carbocycles. The number of aryl methyl sites for hydroxylation is 1. The predicted molar refractivity (Wildman–Crippen MR) is 100 cm³/mol. The number of halogens is 1. The molecule has 3 nitrogen and oxygen atoms in total. The average molecular weight is 359 g/mol. The maximum absolute atomic E-state index is 13.2. The van der Waals surface area contributed by atoms with Gasteiger partial charge in [-0.1, -0.05) is 0 Å². The zero-order chi connectivity index (χ0) is 17.1. The van der Waals surface area contributed by atoms with Gasteiger partial charge in [0.25, 0.3) is 0 Å². The molecule has 2 aromatic heterocycles. The number of rotatable bonds is 4. The van der Waals surface area contributed by atoms with Crippen LogP contribution in [0.25, 0.3) is 11.3 Å². The number of hydrogen-bond donors (Lipinski definition) is 0.